The number of likely N-dealkylation sites (tertiary alicyclic amines) is 1. The minimum Gasteiger partial charge on any atom is -0.302 e. The fourth-order valence-corrected chi connectivity index (χ4v) is 3.16. The molecule has 3 rings (SSSR count). The van der Waals surface area contributed by atoms with Crippen molar-refractivity contribution in [2.24, 2.45) is 5.92 Å². The van der Waals surface area contributed by atoms with Gasteiger partial charge in [0, 0.05) is 18.5 Å². The smallest absolute Gasteiger partial charge is 0.0124 e. The number of benzene rings is 1. The van der Waals surface area contributed by atoms with Crippen LogP contribution in [0.5, 0.6) is 0 Å². The van der Waals surface area contributed by atoms with Gasteiger partial charge in [0.2, 0.25) is 0 Å². The molecular formula is C14H19N. The van der Waals surface area contributed by atoms with E-state index in [0.717, 1.165) is 5.92 Å². The lowest BCUT2D eigenvalue weighted by atomic mass is 9.94. The maximum absolute atomic E-state index is 2.59. The topological polar surface area (TPSA) is 3.24 Å². The number of nitrogens with zero attached hydrogens (tertiary/aromatic N) is 1. The molecule has 1 aliphatic heterocycles. The van der Waals surface area contributed by atoms with Gasteiger partial charge in [-0.2, -0.15) is 0 Å². The number of aryl methyl sites for hydroxylation is 1. The Morgan fingerprint density at radius 1 is 1.33 bits per heavy atom. The van der Waals surface area contributed by atoms with Crippen molar-refractivity contribution in [2.45, 2.75) is 25.7 Å². The van der Waals surface area contributed by atoms with Crippen LogP contribution >= 0.6 is 0 Å². The molecule has 1 saturated carbocycles. The van der Waals surface area contributed by atoms with Gasteiger partial charge < -0.3 is 4.90 Å². The first-order valence-electron chi connectivity index (χ1n) is 6.04. The second-order valence-electron chi connectivity index (χ2n) is 5.25. The van der Waals surface area contributed by atoms with Gasteiger partial charge in [-0.3, -0.25) is 0 Å². The molecule has 2 aliphatic rings. The lowest BCUT2D eigenvalue weighted by Crippen LogP contribution is -2.26. The average Bonchev–Trinajstić information content (AvgIpc) is 2.83. The predicted octanol–water partition coefficient (Wildman–Crippen LogP) is 2.59. The monoisotopic (exact) mass is 201 g/mol. The minimum atomic E-state index is 0.545. The molecule has 1 saturated heterocycles. The van der Waals surface area contributed by atoms with E-state index >= 15 is 0 Å². The van der Waals surface area contributed by atoms with E-state index in [1.54, 1.807) is 5.56 Å². The van der Waals surface area contributed by atoms with Crippen LogP contribution in [0.25, 0.3) is 0 Å². The third-order valence-electron chi connectivity index (χ3n) is 4.29. The molecule has 0 amide bonds. The highest BCUT2D eigenvalue weighted by atomic mass is 15.2. The first-order chi connectivity index (χ1) is 7.24. The molecule has 0 bridgehead atoms. The summed E-state index contributed by atoms with van der Waals surface area (Å²) in [4.78, 5) is 2.59. The van der Waals surface area contributed by atoms with Crippen LogP contribution in [0.1, 0.15) is 24.5 Å². The number of hydrogen-bond donors (Lipinski definition) is 0. The Bertz CT molecular complexity index is 367. The van der Waals surface area contributed by atoms with E-state index in [1.165, 1.54) is 31.6 Å². The highest BCUT2D eigenvalue weighted by Crippen LogP contribution is 2.58. The molecule has 1 unspecified atom stereocenters. The molecule has 0 radical (unpaired) electrons. The zero-order chi connectivity index (χ0) is 10.5. The highest BCUT2D eigenvalue weighted by molar-refractivity contribution is 5.38. The molecule has 0 spiro atoms. The molecular weight excluding hydrogens is 182 g/mol. The van der Waals surface area contributed by atoms with Gasteiger partial charge >= 0.3 is 0 Å². The Balaban J connectivity index is 1.87. The molecule has 2 fully saturated rings. The largest absolute Gasteiger partial charge is 0.302 e. The summed E-state index contributed by atoms with van der Waals surface area (Å²) in [5.41, 5.74) is 3.50. The van der Waals surface area contributed by atoms with Crippen LogP contribution in [0.15, 0.2) is 24.3 Å². The molecule has 1 heterocycles. The number of fused-ring (bicyclic) bond motifs is 1. The fourth-order valence-electron chi connectivity index (χ4n) is 3.16. The summed E-state index contributed by atoms with van der Waals surface area (Å²) in [7, 11) is 0. The van der Waals surface area contributed by atoms with Crippen molar-refractivity contribution in [1.82, 2.24) is 4.90 Å². The van der Waals surface area contributed by atoms with Crippen molar-refractivity contribution in [3.8, 4) is 0 Å². The van der Waals surface area contributed by atoms with Gasteiger partial charge in [0.25, 0.3) is 0 Å². The van der Waals surface area contributed by atoms with Crippen LogP contribution in [-0.4, -0.2) is 24.5 Å². The minimum absolute atomic E-state index is 0.545. The van der Waals surface area contributed by atoms with Gasteiger partial charge in [0.1, 0.15) is 0 Å². The summed E-state index contributed by atoms with van der Waals surface area (Å²) < 4.78 is 0. The molecule has 1 aliphatic carbocycles. The van der Waals surface area contributed by atoms with Crippen molar-refractivity contribution >= 4 is 0 Å². The standard InChI is InChI=1S/C14H19N/c1-3-15-9-13-8-14(13,10-15)12-6-4-11(2)5-7-12/h4-7,13H,3,8-10H2,1-2H3/t13?,14-/m1/s1. The van der Waals surface area contributed by atoms with Gasteiger partial charge in [-0.1, -0.05) is 36.8 Å². The lowest BCUT2D eigenvalue weighted by Gasteiger charge is -2.19. The van der Waals surface area contributed by atoms with Gasteiger partial charge in [-0.05, 0) is 31.4 Å². The van der Waals surface area contributed by atoms with Gasteiger partial charge in [-0.15, -0.1) is 0 Å². The van der Waals surface area contributed by atoms with Crippen LogP contribution in [0.4, 0.5) is 0 Å². The maximum atomic E-state index is 2.59. The van der Waals surface area contributed by atoms with Gasteiger partial charge in [0.15, 0.2) is 0 Å². The van der Waals surface area contributed by atoms with E-state index in [-0.39, 0.29) is 0 Å². The van der Waals surface area contributed by atoms with Crippen LogP contribution in [0.2, 0.25) is 0 Å². The predicted molar refractivity (Wildman–Crippen MR) is 63.1 cm³/mol. The van der Waals surface area contributed by atoms with Crippen molar-refractivity contribution in [3.63, 3.8) is 0 Å². The Kier molecular flexibility index (Phi) is 1.93. The Morgan fingerprint density at radius 2 is 2.07 bits per heavy atom. The van der Waals surface area contributed by atoms with Crippen molar-refractivity contribution < 1.29 is 0 Å². The second kappa shape index (κ2) is 3.08. The summed E-state index contributed by atoms with van der Waals surface area (Å²) in [6, 6.07) is 9.20. The molecule has 80 valence electrons. The summed E-state index contributed by atoms with van der Waals surface area (Å²) in [5, 5.41) is 0. The van der Waals surface area contributed by atoms with E-state index in [2.05, 4.69) is 43.0 Å². The molecule has 0 aromatic heterocycles. The quantitative estimate of drug-likeness (QED) is 0.711. The number of rotatable bonds is 2. The number of hydrogen-bond acceptors (Lipinski definition) is 1. The molecule has 15 heavy (non-hydrogen) atoms. The Hall–Kier alpha value is -0.820. The molecule has 2 atom stereocenters. The van der Waals surface area contributed by atoms with E-state index in [0.29, 0.717) is 5.41 Å². The van der Waals surface area contributed by atoms with Crippen LogP contribution in [-0.2, 0) is 5.41 Å². The Morgan fingerprint density at radius 3 is 2.67 bits per heavy atom. The number of piperidine rings is 1. The van der Waals surface area contributed by atoms with Crippen LogP contribution in [0.3, 0.4) is 0 Å². The third kappa shape index (κ3) is 1.33. The zero-order valence-electron chi connectivity index (χ0n) is 9.66. The first-order valence-corrected chi connectivity index (χ1v) is 6.04. The SMILES string of the molecule is CCN1CC2C[C@]2(c2ccc(C)cc2)C1. The second-order valence-corrected chi connectivity index (χ2v) is 5.25. The van der Waals surface area contributed by atoms with E-state index < -0.39 is 0 Å². The lowest BCUT2D eigenvalue weighted by molar-refractivity contribution is 0.314. The van der Waals surface area contributed by atoms with Crippen LogP contribution < -0.4 is 0 Å². The van der Waals surface area contributed by atoms with Crippen LogP contribution in [0, 0.1) is 12.8 Å². The summed E-state index contributed by atoms with van der Waals surface area (Å²) >= 11 is 0. The summed E-state index contributed by atoms with van der Waals surface area (Å²) in [6.45, 7) is 8.26. The molecule has 1 aromatic carbocycles. The average molecular weight is 201 g/mol. The van der Waals surface area contributed by atoms with Crippen molar-refractivity contribution in [3.05, 3.63) is 35.4 Å². The maximum Gasteiger partial charge on any atom is 0.0124 e. The summed E-state index contributed by atoms with van der Waals surface area (Å²) in [5.74, 6) is 0.945. The van der Waals surface area contributed by atoms with E-state index in [9.17, 15) is 0 Å². The Labute approximate surface area is 92.1 Å². The molecule has 1 nitrogen and oxygen atoms in total. The number of likely N-dealkylation sites (N-methyl/N-ethyl adjacent to an activating group) is 1. The van der Waals surface area contributed by atoms with Crippen molar-refractivity contribution in [2.75, 3.05) is 19.6 Å². The third-order valence-corrected chi connectivity index (χ3v) is 4.29. The zero-order valence-corrected chi connectivity index (χ0v) is 9.66. The van der Waals surface area contributed by atoms with Gasteiger partial charge in [-0.25, -0.2) is 0 Å². The van der Waals surface area contributed by atoms with Gasteiger partial charge in [0.05, 0.1) is 0 Å². The first kappa shape index (κ1) is 9.41. The molecule has 1 aromatic rings. The summed E-state index contributed by atoms with van der Waals surface area (Å²) in [6.07, 6.45) is 1.42. The van der Waals surface area contributed by atoms with Crippen molar-refractivity contribution in [1.29, 1.82) is 0 Å². The molecule has 0 N–H and O–H groups in total. The highest BCUT2D eigenvalue weighted by Gasteiger charge is 2.60. The van der Waals surface area contributed by atoms with E-state index in [1.807, 2.05) is 0 Å². The normalized spacial score (nSPS) is 34.1. The fraction of sp³-hybridized carbons (Fsp3) is 0.571. The molecule has 1 heteroatoms. The van der Waals surface area contributed by atoms with E-state index in [4.69, 9.17) is 0 Å².